The maximum absolute atomic E-state index is 13.3. The van der Waals surface area contributed by atoms with Crippen molar-refractivity contribution in [1.29, 1.82) is 0 Å². The predicted molar refractivity (Wildman–Crippen MR) is 50.5 cm³/mol. The van der Waals surface area contributed by atoms with Gasteiger partial charge in [-0.1, -0.05) is 17.7 Å². The molecule has 0 fully saturated rings. The first-order chi connectivity index (χ1) is 6.02. The Morgan fingerprint density at radius 2 is 2.15 bits per heavy atom. The lowest BCUT2D eigenvalue weighted by atomic mass is 10.2. The van der Waals surface area contributed by atoms with Crippen molar-refractivity contribution >= 4 is 23.2 Å². The molecule has 0 aromatic heterocycles. The van der Waals surface area contributed by atoms with Gasteiger partial charge in [-0.2, -0.15) is 0 Å². The zero-order valence-electron chi connectivity index (χ0n) is 7.32. The maximum atomic E-state index is 13.3. The molecule has 0 radical (unpaired) electrons. The number of benzene rings is 1. The highest BCUT2D eigenvalue weighted by molar-refractivity contribution is 6.33. The quantitative estimate of drug-likeness (QED) is 0.744. The molecule has 0 unspecified atom stereocenters. The third kappa shape index (κ3) is 2.18. The van der Waals surface area contributed by atoms with Crippen LogP contribution in [0.5, 0.6) is 0 Å². The first-order valence-corrected chi connectivity index (χ1v) is 4.12. The summed E-state index contributed by atoms with van der Waals surface area (Å²) in [7, 11) is 0. The highest BCUT2D eigenvalue weighted by Gasteiger charge is 2.10. The second kappa shape index (κ2) is 3.75. The Hall–Kier alpha value is -1.09. The van der Waals surface area contributed by atoms with E-state index >= 15 is 0 Å². The molecule has 1 N–H and O–H groups in total. The Kier molecular flexibility index (Phi) is 2.88. The molecule has 0 atom stereocenters. The van der Waals surface area contributed by atoms with Gasteiger partial charge in [-0.15, -0.1) is 0 Å². The van der Waals surface area contributed by atoms with E-state index in [1.807, 2.05) is 0 Å². The molecule has 0 saturated carbocycles. The average molecular weight is 202 g/mol. The van der Waals surface area contributed by atoms with Gasteiger partial charge in [-0.25, -0.2) is 4.39 Å². The molecule has 2 nitrogen and oxygen atoms in total. The van der Waals surface area contributed by atoms with E-state index in [0.29, 0.717) is 5.56 Å². The predicted octanol–water partition coefficient (Wildman–Crippen LogP) is 2.75. The van der Waals surface area contributed by atoms with Crippen LogP contribution in [0.3, 0.4) is 0 Å². The molecule has 1 rings (SSSR count). The fraction of sp³-hybridized carbons (Fsp3) is 0.222. The molecular formula is C9H9ClFNO. The van der Waals surface area contributed by atoms with Gasteiger partial charge in [0.15, 0.2) is 5.82 Å². The minimum atomic E-state index is -0.484. The molecule has 4 heteroatoms. The topological polar surface area (TPSA) is 29.1 Å². The van der Waals surface area contributed by atoms with Gasteiger partial charge in [0, 0.05) is 6.92 Å². The summed E-state index contributed by atoms with van der Waals surface area (Å²) >= 11 is 5.69. The summed E-state index contributed by atoms with van der Waals surface area (Å²) in [4.78, 5) is 10.7. The lowest BCUT2D eigenvalue weighted by Gasteiger charge is -2.07. The number of nitrogens with one attached hydrogen (secondary N) is 1. The molecule has 0 bridgehead atoms. The van der Waals surface area contributed by atoms with E-state index in [1.54, 1.807) is 19.1 Å². The zero-order valence-corrected chi connectivity index (χ0v) is 8.07. The van der Waals surface area contributed by atoms with Crippen molar-refractivity contribution in [3.63, 3.8) is 0 Å². The number of aryl methyl sites for hydroxylation is 1. The molecule has 70 valence electrons. The highest BCUT2D eigenvalue weighted by atomic mass is 35.5. The Balaban J connectivity index is 3.17. The lowest BCUT2D eigenvalue weighted by molar-refractivity contribution is -0.114. The molecule has 1 aromatic rings. The summed E-state index contributed by atoms with van der Waals surface area (Å²) in [6.45, 7) is 2.91. The van der Waals surface area contributed by atoms with Crippen molar-refractivity contribution < 1.29 is 9.18 Å². The molecule has 1 aromatic carbocycles. The lowest BCUT2D eigenvalue weighted by Crippen LogP contribution is -2.08. The van der Waals surface area contributed by atoms with Gasteiger partial charge in [0.05, 0.1) is 10.7 Å². The molecule has 0 heterocycles. The van der Waals surface area contributed by atoms with E-state index in [0.717, 1.165) is 0 Å². The number of rotatable bonds is 1. The highest BCUT2D eigenvalue weighted by Crippen LogP contribution is 2.26. The fourth-order valence-electron chi connectivity index (χ4n) is 0.947. The van der Waals surface area contributed by atoms with E-state index < -0.39 is 5.82 Å². The van der Waals surface area contributed by atoms with Crippen LogP contribution in [0.1, 0.15) is 12.5 Å². The largest absolute Gasteiger partial charge is 0.323 e. The smallest absolute Gasteiger partial charge is 0.221 e. The van der Waals surface area contributed by atoms with Crippen molar-refractivity contribution in [3.8, 4) is 0 Å². The number of carbonyl (C=O) groups excluding carboxylic acids is 1. The van der Waals surface area contributed by atoms with E-state index in [2.05, 4.69) is 5.32 Å². The number of carbonyl (C=O) groups is 1. The van der Waals surface area contributed by atoms with Gasteiger partial charge in [-0.3, -0.25) is 4.79 Å². The molecular weight excluding hydrogens is 193 g/mol. The molecule has 0 saturated heterocycles. The summed E-state index contributed by atoms with van der Waals surface area (Å²) in [6.07, 6.45) is 0. The summed E-state index contributed by atoms with van der Waals surface area (Å²) < 4.78 is 13.3. The minimum Gasteiger partial charge on any atom is -0.323 e. The number of amides is 1. The second-order valence-corrected chi connectivity index (χ2v) is 3.14. The molecule has 0 spiro atoms. The van der Waals surface area contributed by atoms with Crippen molar-refractivity contribution in [2.45, 2.75) is 13.8 Å². The van der Waals surface area contributed by atoms with E-state index in [1.165, 1.54) is 6.92 Å². The van der Waals surface area contributed by atoms with Crippen LogP contribution in [0.4, 0.5) is 10.1 Å². The normalized spacial score (nSPS) is 9.85. The van der Waals surface area contributed by atoms with Crippen LogP contribution in [0.25, 0.3) is 0 Å². The fourth-order valence-corrected chi connectivity index (χ4v) is 1.14. The van der Waals surface area contributed by atoms with Crippen LogP contribution in [0.2, 0.25) is 5.02 Å². The molecule has 1 amide bonds. The van der Waals surface area contributed by atoms with Crippen LogP contribution in [-0.4, -0.2) is 5.91 Å². The van der Waals surface area contributed by atoms with Crippen molar-refractivity contribution in [2.75, 3.05) is 5.32 Å². The second-order valence-electron chi connectivity index (χ2n) is 2.73. The van der Waals surface area contributed by atoms with Crippen molar-refractivity contribution in [2.24, 2.45) is 0 Å². The van der Waals surface area contributed by atoms with Crippen LogP contribution in [0.15, 0.2) is 12.1 Å². The van der Waals surface area contributed by atoms with E-state index in [-0.39, 0.29) is 16.6 Å². The molecule has 13 heavy (non-hydrogen) atoms. The Labute approximate surface area is 80.7 Å². The Bertz CT molecular complexity index is 352. The zero-order chi connectivity index (χ0) is 10.0. The van der Waals surface area contributed by atoms with Crippen LogP contribution in [0, 0.1) is 12.7 Å². The summed E-state index contributed by atoms with van der Waals surface area (Å²) in [5, 5.41) is 2.54. The van der Waals surface area contributed by atoms with Crippen LogP contribution >= 0.6 is 11.6 Å². The first kappa shape index (κ1) is 9.99. The molecule has 0 aliphatic heterocycles. The van der Waals surface area contributed by atoms with E-state index in [4.69, 9.17) is 11.6 Å². The monoisotopic (exact) mass is 201 g/mol. The minimum absolute atomic E-state index is 0.0502. The Morgan fingerprint density at radius 3 is 2.69 bits per heavy atom. The molecule has 0 aliphatic rings. The number of hydrogen-bond acceptors (Lipinski definition) is 1. The first-order valence-electron chi connectivity index (χ1n) is 3.74. The van der Waals surface area contributed by atoms with Crippen LogP contribution in [-0.2, 0) is 4.79 Å². The summed E-state index contributed by atoms with van der Waals surface area (Å²) in [5.74, 6) is -0.825. The van der Waals surface area contributed by atoms with Gasteiger partial charge in [0.2, 0.25) is 5.91 Å². The Morgan fingerprint density at radius 1 is 1.54 bits per heavy atom. The van der Waals surface area contributed by atoms with Gasteiger partial charge in [-0.05, 0) is 18.6 Å². The van der Waals surface area contributed by atoms with Crippen LogP contribution < -0.4 is 5.32 Å². The summed E-state index contributed by atoms with van der Waals surface area (Å²) in [6, 6.07) is 3.11. The average Bonchev–Trinajstić information content (AvgIpc) is 2.05. The standard InChI is InChI=1S/C9H9ClFNO/c1-5-3-4-7(10)9(8(5)11)12-6(2)13/h3-4H,1-2H3,(H,12,13). The third-order valence-corrected chi connectivity index (χ3v) is 1.90. The van der Waals surface area contributed by atoms with Gasteiger partial charge in [0.25, 0.3) is 0 Å². The SMILES string of the molecule is CC(=O)Nc1c(Cl)ccc(C)c1F. The van der Waals surface area contributed by atoms with Gasteiger partial charge in [0.1, 0.15) is 0 Å². The van der Waals surface area contributed by atoms with Crippen molar-refractivity contribution in [3.05, 3.63) is 28.5 Å². The van der Waals surface area contributed by atoms with Crippen molar-refractivity contribution in [1.82, 2.24) is 0 Å². The number of anilines is 1. The number of halogens is 2. The number of hydrogen-bond donors (Lipinski definition) is 1. The summed E-state index contributed by atoms with van der Waals surface area (Å²) in [5.41, 5.74) is 0.502. The van der Waals surface area contributed by atoms with Gasteiger partial charge >= 0.3 is 0 Å². The third-order valence-electron chi connectivity index (χ3n) is 1.59. The maximum Gasteiger partial charge on any atom is 0.221 e. The van der Waals surface area contributed by atoms with E-state index in [9.17, 15) is 9.18 Å². The molecule has 0 aliphatic carbocycles. The van der Waals surface area contributed by atoms with Gasteiger partial charge < -0.3 is 5.32 Å².